The van der Waals surface area contributed by atoms with Crippen LogP contribution in [-0.4, -0.2) is 0 Å². The lowest BCUT2D eigenvalue weighted by Crippen LogP contribution is -1.83. The normalized spacial score (nSPS) is 9.90. The van der Waals surface area contributed by atoms with Crippen molar-refractivity contribution in [3.8, 4) is 0 Å². The molecule has 3 heteroatoms. The molecule has 0 aromatic heterocycles. The first-order valence-corrected chi connectivity index (χ1v) is 3.14. The third-order valence-corrected chi connectivity index (χ3v) is 1.46. The van der Waals surface area contributed by atoms with Gasteiger partial charge in [-0.05, 0) is 17.7 Å². The molecular formula is C7H5ClFO. The second-order valence-electron chi connectivity index (χ2n) is 1.89. The van der Waals surface area contributed by atoms with Crippen molar-refractivity contribution in [1.82, 2.24) is 0 Å². The second-order valence-corrected chi connectivity index (χ2v) is 2.30. The predicted molar refractivity (Wildman–Crippen MR) is 35.8 cm³/mol. The molecule has 0 heterocycles. The van der Waals surface area contributed by atoms with Crippen LogP contribution in [0, 0.1) is 5.82 Å². The maximum atomic E-state index is 12.5. The molecule has 1 aromatic rings. The number of hydrogen-bond acceptors (Lipinski definition) is 0. The number of hydrogen-bond donors (Lipinski definition) is 0. The summed E-state index contributed by atoms with van der Waals surface area (Å²) in [5.74, 6) is -0.532. The number of rotatable bonds is 1. The molecule has 1 nitrogen and oxygen atoms in total. The van der Waals surface area contributed by atoms with Gasteiger partial charge >= 0.3 is 0 Å². The molecule has 0 aliphatic rings. The summed E-state index contributed by atoms with van der Waals surface area (Å²) < 4.78 is 12.5. The van der Waals surface area contributed by atoms with Crippen molar-refractivity contribution in [2.45, 2.75) is 6.61 Å². The summed E-state index contributed by atoms with van der Waals surface area (Å²) in [7, 11) is 0. The van der Waals surface area contributed by atoms with E-state index in [1.54, 1.807) is 0 Å². The first kappa shape index (κ1) is 7.51. The molecule has 0 aliphatic heterocycles. The Balaban J connectivity index is 3.04. The molecule has 1 aromatic carbocycles. The summed E-state index contributed by atoms with van der Waals surface area (Å²) in [6, 6.07) is 4.04. The monoisotopic (exact) mass is 159 g/mol. The minimum Gasteiger partial charge on any atom is -0.232 e. The molecule has 0 N–H and O–H groups in total. The van der Waals surface area contributed by atoms with Crippen LogP contribution in [0.4, 0.5) is 4.39 Å². The van der Waals surface area contributed by atoms with E-state index in [0.717, 1.165) is 6.07 Å². The number of halogens is 2. The zero-order valence-electron chi connectivity index (χ0n) is 5.10. The summed E-state index contributed by atoms with van der Waals surface area (Å²) in [4.78, 5) is 0. The molecule has 53 valence electrons. The Morgan fingerprint density at radius 1 is 1.50 bits per heavy atom. The van der Waals surface area contributed by atoms with Gasteiger partial charge in [0.15, 0.2) is 0 Å². The van der Waals surface area contributed by atoms with Crippen LogP contribution in [0.2, 0.25) is 5.02 Å². The molecule has 0 amide bonds. The fraction of sp³-hybridized carbons (Fsp3) is 0.143. The van der Waals surface area contributed by atoms with E-state index in [9.17, 15) is 9.50 Å². The Kier molecular flexibility index (Phi) is 2.25. The lowest BCUT2D eigenvalue weighted by Gasteiger charge is -1.95. The lowest BCUT2D eigenvalue weighted by molar-refractivity contribution is 0.177. The molecule has 0 fully saturated rings. The van der Waals surface area contributed by atoms with E-state index in [4.69, 9.17) is 11.6 Å². The smallest absolute Gasteiger partial charge is 0.142 e. The molecule has 1 radical (unpaired) electrons. The highest BCUT2D eigenvalue weighted by Crippen LogP contribution is 2.15. The largest absolute Gasteiger partial charge is 0.232 e. The fourth-order valence-corrected chi connectivity index (χ4v) is 0.747. The highest BCUT2D eigenvalue weighted by atomic mass is 35.5. The van der Waals surface area contributed by atoms with Crippen molar-refractivity contribution in [3.05, 3.63) is 34.6 Å². The summed E-state index contributed by atoms with van der Waals surface area (Å²) in [6.07, 6.45) is 0. The molecule has 0 aliphatic carbocycles. The highest BCUT2D eigenvalue weighted by molar-refractivity contribution is 6.30. The third kappa shape index (κ3) is 1.46. The van der Waals surface area contributed by atoms with Crippen LogP contribution in [0.5, 0.6) is 0 Å². The predicted octanol–water partition coefficient (Wildman–Crippen LogP) is 2.41. The van der Waals surface area contributed by atoms with Gasteiger partial charge in [0, 0.05) is 0 Å². The van der Waals surface area contributed by atoms with Crippen molar-refractivity contribution in [2.24, 2.45) is 0 Å². The Bertz CT molecular complexity index is 237. The summed E-state index contributed by atoms with van der Waals surface area (Å²) in [5, 5.41) is 10.2. The van der Waals surface area contributed by atoms with E-state index in [0.29, 0.717) is 5.56 Å². The van der Waals surface area contributed by atoms with Crippen LogP contribution in [0.25, 0.3) is 0 Å². The molecule has 0 spiro atoms. The zero-order chi connectivity index (χ0) is 7.56. The average Bonchev–Trinajstić information content (AvgIpc) is 1.95. The summed E-state index contributed by atoms with van der Waals surface area (Å²) >= 11 is 5.36. The van der Waals surface area contributed by atoms with E-state index in [2.05, 4.69) is 0 Å². The second kappa shape index (κ2) is 2.99. The van der Waals surface area contributed by atoms with Crippen LogP contribution < -0.4 is 0 Å². The Morgan fingerprint density at radius 3 is 2.70 bits per heavy atom. The van der Waals surface area contributed by atoms with Crippen LogP contribution in [0.15, 0.2) is 18.2 Å². The lowest BCUT2D eigenvalue weighted by atomic mass is 10.2. The summed E-state index contributed by atoms with van der Waals surface area (Å²) in [6.45, 7) is -0.409. The van der Waals surface area contributed by atoms with E-state index < -0.39 is 12.4 Å². The van der Waals surface area contributed by atoms with Gasteiger partial charge in [0.1, 0.15) is 12.4 Å². The van der Waals surface area contributed by atoms with Crippen molar-refractivity contribution < 1.29 is 9.50 Å². The maximum absolute atomic E-state index is 12.5. The van der Waals surface area contributed by atoms with Crippen LogP contribution in [-0.2, 0) is 11.7 Å². The van der Waals surface area contributed by atoms with Crippen molar-refractivity contribution >= 4 is 11.6 Å². The molecule has 0 saturated heterocycles. The van der Waals surface area contributed by atoms with Gasteiger partial charge in [-0.15, -0.1) is 0 Å². The van der Waals surface area contributed by atoms with Gasteiger partial charge in [0.05, 0.1) is 5.02 Å². The number of benzene rings is 1. The quantitative estimate of drug-likeness (QED) is 0.600. The van der Waals surface area contributed by atoms with Crippen molar-refractivity contribution in [3.63, 3.8) is 0 Å². The molecular weight excluding hydrogens is 155 g/mol. The van der Waals surface area contributed by atoms with Crippen molar-refractivity contribution in [2.75, 3.05) is 0 Å². The van der Waals surface area contributed by atoms with Crippen LogP contribution in [0.1, 0.15) is 5.56 Å². The molecule has 0 atom stereocenters. The summed E-state index contributed by atoms with van der Waals surface area (Å²) in [5.41, 5.74) is 0.418. The minimum absolute atomic E-state index is 0.0530. The van der Waals surface area contributed by atoms with E-state index in [-0.39, 0.29) is 5.02 Å². The average molecular weight is 160 g/mol. The molecule has 0 bridgehead atoms. The van der Waals surface area contributed by atoms with Gasteiger partial charge in [-0.25, -0.2) is 9.50 Å². The highest BCUT2D eigenvalue weighted by Gasteiger charge is 1.98. The topological polar surface area (TPSA) is 19.9 Å². The van der Waals surface area contributed by atoms with Gasteiger partial charge in [-0.3, -0.25) is 0 Å². The van der Waals surface area contributed by atoms with E-state index in [1.807, 2.05) is 0 Å². The van der Waals surface area contributed by atoms with Gasteiger partial charge in [-0.2, -0.15) is 0 Å². The maximum Gasteiger partial charge on any atom is 0.142 e. The first-order chi connectivity index (χ1) is 4.74. The zero-order valence-corrected chi connectivity index (χ0v) is 5.86. The van der Waals surface area contributed by atoms with Crippen LogP contribution >= 0.6 is 11.6 Å². The molecule has 0 saturated carbocycles. The molecule has 10 heavy (non-hydrogen) atoms. The van der Waals surface area contributed by atoms with Gasteiger partial charge < -0.3 is 0 Å². The Hall–Kier alpha value is -0.600. The molecule has 0 unspecified atom stereocenters. The third-order valence-electron chi connectivity index (χ3n) is 1.15. The molecule has 1 rings (SSSR count). The SMILES string of the molecule is [O]Cc1ccc(Cl)c(F)c1. The van der Waals surface area contributed by atoms with E-state index in [1.165, 1.54) is 12.1 Å². The van der Waals surface area contributed by atoms with E-state index >= 15 is 0 Å². The standard InChI is InChI=1S/C7H5ClFO/c8-6-2-1-5(4-10)3-7(6)9/h1-3H,4H2. The van der Waals surface area contributed by atoms with Crippen LogP contribution in [0.3, 0.4) is 0 Å². The Labute approximate surface area is 63.1 Å². The first-order valence-electron chi connectivity index (χ1n) is 2.76. The van der Waals surface area contributed by atoms with Gasteiger partial charge in [0.2, 0.25) is 0 Å². The van der Waals surface area contributed by atoms with Gasteiger partial charge in [0.25, 0.3) is 0 Å². The minimum atomic E-state index is -0.532. The van der Waals surface area contributed by atoms with Crippen molar-refractivity contribution in [1.29, 1.82) is 0 Å². The Morgan fingerprint density at radius 2 is 2.20 bits per heavy atom. The van der Waals surface area contributed by atoms with Gasteiger partial charge in [-0.1, -0.05) is 17.7 Å². The fourth-order valence-electron chi connectivity index (χ4n) is 0.629.